The number of Topliss-reactive ketones (excluding diaryl/α,β-unsaturated/α-hetero) is 1. The van der Waals surface area contributed by atoms with Gasteiger partial charge < -0.3 is 9.79 Å². The van der Waals surface area contributed by atoms with Gasteiger partial charge in [-0.15, -0.1) is 0 Å². The van der Waals surface area contributed by atoms with Gasteiger partial charge in [-0.2, -0.15) is 0 Å². The van der Waals surface area contributed by atoms with Crippen molar-refractivity contribution in [3.8, 4) is 0 Å². The van der Waals surface area contributed by atoms with Gasteiger partial charge in [0.05, 0.1) is 0 Å². The average Bonchev–Trinajstić information content (AvgIpc) is 2.01. The van der Waals surface area contributed by atoms with Crippen LogP contribution in [-0.2, 0) is 9.36 Å². The van der Waals surface area contributed by atoms with E-state index >= 15 is 0 Å². The van der Waals surface area contributed by atoms with Crippen molar-refractivity contribution in [2.75, 3.05) is 6.16 Å². The molecule has 0 rings (SSSR count). The quantitative estimate of drug-likeness (QED) is 0.645. The predicted octanol–water partition coefficient (Wildman–Crippen LogP) is 1.95. The Labute approximate surface area is 84.9 Å². The summed E-state index contributed by atoms with van der Waals surface area (Å²) in [7, 11) is -4.17. The van der Waals surface area contributed by atoms with Gasteiger partial charge >= 0.3 is 7.60 Å². The van der Waals surface area contributed by atoms with Crippen LogP contribution >= 0.6 is 7.60 Å². The highest BCUT2D eigenvalue weighted by Crippen LogP contribution is 2.35. The molecule has 0 heterocycles. The topological polar surface area (TPSA) is 74.6 Å². The molecule has 0 saturated carbocycles. The summed E-state index contributed by atoms with van der Waals surface area (Å²) in [4.78, 5) is 28.8. The second kappa shape index (κ2) is 6.33. The smallest absolute Gasteiger partial charge is 0.324 e. The lowest BCUT2D eigenvalue weighted by molar-refractivity contribution is -0.121. The van der Waals surface area contributed by atoms with Crippen molar-refractivity contribution < 1.29 is 19.1 Å². The Balaban J connectivity index is 4.21. The molecule has 0 aliphatic rings. The molecule has 0 atom stereocenters. The number of rotatable bonds is 7. The molecule has 0 bridgehead atoms. The standard InChI is InChI=1S/C9H19O4P/c1-3-5-8(6-4-2)9(10)7-14(11,12)13/h8H,3-7H2,1-2H3,(H2,11,12,13). The highest BCUT2D eigenvalue weighted by atomic mass is 31.2. The second-order valence-electron chi connectivity index (χ2n) is 3.56. The average molecular weight is 222 g/mol. The van der Waals surface area contributed by atoms with Gasteiger partial charge in [-0.3, -0.25) is 9.36 Å². The molecule has 0 radical (unpaired) electrons. The van der Waals surface area contributed by atoms with E-state index in [-0.39, 0.29) is 11.7 Å². The Bertz CT molecular complexity index is 215. The third-order valence-electron chi connectivity index (χ3n) is 2.09. The summed E-state index contributed by atoms with van der Waals surface area (Å²) in [6.07, 6.45) is 2.60. The van der Waals surface area contributed by atoms with Gasteiger partial charge in [-0.05, 0) is 12.8 Å². The molecule has 0 aliphatic heterocycles. The maximum atomic E-state index is 11.4. The molecule has 4 nitrogen and oxygen atoms in total. The summed E-state index contributed by atoms with van der Waals surface area (Å²) in [5.74, 6) is -0.459. The van der Waals surface area contributed by atoms with Crippen LogP contribution in [0.2, 0.25) is 0 Å². The number of hydrogen-bond donors (Lipinski definition) is 2. The first-order valence-corrected chi connectivity index (χ1v) is 6.77. The zero-order valence-corrected chi connectivity index (χ0v) is 9.67. The molecule has 84 valence electrons. The van der Waals surface area contributed by atoms with Crippen LogP contribution in [0, 0.1) is 5.92 Å². The van der Waals surface area contributed by atoms with Gasteiger partial charge in [-0.25, -0.2) is 0 Å². The van der Waals surface area contributed by atoms with Crippen molar-refractivity contribution >= 4 is 13.4 Å². The SMILES string of the molecule is CCCC(CCC)C(=O)CP(=O)(O)O. The number of carbonyl (C=O) groups is 1. The summed E-state index contributed by atoms with van der Waals surface area (Å²) in [6, 6.07) is 0. The van der Waals surface area contributed by atoms with Crippen molar-refractivity contribution in [3.63, 3.8) is 0 Å². The molecule has 0 aromatic rings. The fourth-order valence-corrected chi connectivity index (χ4v) is 2.16. The highest BCUT2D eigenvalue weighted by Gasteiger charge is 2.24. The third-order valence-corrected chi connectivity index (χ3v) is 2.82. The van der Waals surface area contributed by atoms with Crippen molar-refractivity contribution in [2.45, 2.75) is 39.5 Å². The first-order chi connectivity index (χ1) is 6.40. The summed E-state index contributed by atoms with van der Waals surface area (Å²) in [5, 5.41) is 0. The van der Waals surface area contributed by atoms with Gasteiger partial charge in [0.15, 0.2) is 0 Å². The first-order valence-electron chi connectivity index (χ1n) is 4.98. The van der Waals surface area contributed by atoms with Gasteiger partial charge in [0.2, 0.25) is 0 Å². The fraction of sp³-hybridized carbons (Fsp3) is 0.889. The molecule has 0 fully saturated rings. The summed E-state index contributed by atoms with van der Waals surface area (Å²) < 4.78 is 10.6. The number of hydrogen-bond acceptors (Lipinski definition) is 2. The normalized spacial score (nSPS) is 12.1. The Morgan fingerprint density at radius 3 is 1.93 bits per heavy atom. The number of carbonyl (C=O) groups excluding carboxylic acids is 1. The van der Waals surface area contributed by atoms with Gasteiger partial charge in [0.25, 0.3) is 0 Å². The molecule has 5 heteroatoms. The van der Waals surface area contributed by atoms with Crippen LogP contribution in [0.25, 0.3) is 0 Å². The second-order valence-corrected chi connectivity index (χ2v) is 5.21. The molecular formula is C9H19O4P. The molecule has 0 unspecified atom stereocenters. The van der Waals surface area contributed by atoms with Crippen LogP contribution in [-0.4, -0.2) is 21.7 Å². The molecule has 0 aromatic carbocycles. The monoisotopic (exact) mass is 222 g/mol. The molecule has 0 spiro atoms. The van der Waals surface area contributed by atoms with Crippen LogP contribution in [0.1, 0.15) is 39.5 Å². The minimum atomic E-state index is -4.17. The lowest BCUT2D eigenvalue weighted by Gasteiger charge is -2.14. The summed E-state index contributed by atoms with van der Waals surface area (Å²) >= 11 is 0. The van der Waals surface area contributed by atoms with E-state index in [0.717, 1.165) is 25.7 Å². The Morgan fingerprint density at radius 1 is 1.21 bits per heavy atom. The minimum Gasteiger partial charge on any atom is -0.324 e. The van der Waals surface area contributed by atoms with Crippen molar-refractivity contribution in [3.05, 3.63) is 0 Å². The van der Waals surface area contributed by atoms with E-state index < -0.39 is 13.8 Å². The molecule has 0 aliphatic carbocycles. The molecule has 14 heavy (non-hydrogen) atoms. The van der Waals surface area contributed by atoms with Gasteiger partial charge in [0.1, 0.15) is 11.9 Å². The van der Waals surface area contributed by atoms with E-state index in [2.05, 4.69) is 0 Å². The molecule has 0 amide bonds. The van der Waals surface area contributed by atoms with Gasteiger partial charge in [0, 0.05) is 5.92 Å². The van der Waals surface area contributed by atoms with Crippen LogP contribution in [0.4, 0.5) is 0 Å². The largest absolute Gasteiger partial charge is 0.332 e. The molecule has 2 N–H and O–H groups in total. The van der Waals surface area contributed by atoms with E-state index in [1.165, 1.54) is 0 Å². The highest BCUT2D eigenvalue weighted by molar-refractivity contribution is 7.52. The van der Waals surface area contributed by atoms with Crippen LogP contribution in [0.5, 0.6) is 0 Å². The third kappa shape index (κ3) is 6.30. The van der Waals surface area contributed by atoms with Crippen molar-refractivity contribution in [2.24, 2.45) is 5.92 Å². The Hall–Kier alpha value is -0.180. The maximum Gasteiger partial charge on any atom is 0.332 e. The number of ketones is 1. The fourth-order valence-electron chi connectivity index (χ4n) is 1.50. The van der Waals surface area contributed by atoms with Crippen molar-refractivity contribution in [1.29, 1.82) is 0 Å². The van der Waals surface area contributed by atoms with Crippen LogP contribution in [0.3, 0.4) is 0 Å². The molecular weight excluding hydrogens is 203 g/mol. The van der Waals surface area contributed by atoms with E-state index in [9.17, 15) is 9.36 Å². The zero-order chi connectivity index (χ0) is 11.2. The van der Waals surface area contributed by atoms with E-state index in [1.807, 2.05) is 13.8 Å². The van der Waals surface area contributed by atoms with E-state index in [1.54, 1.807) is 0 Å². The van der Waals surface area contributed by atoms with Crippen LogP contribution < -0.4 is 0 Å². The van der Waals surface area contributed by atoms with Crippen molar-refractivity contribution in [1.82, 2.24) is 0 Å². The zero-order valence-electron chi connectivity index (χ0n) is 8.77. The molecule has 0 saturated heterocycles. The van der Waals surface area contributed by atoms with Gasteiger partial charge in [-0.1, -0.05) is 26.7 Å². The Kier molecular flexibility index (Phi) is 6.25. The Morgan fingerprint density at radius 2 is 1.64 bits per heavy atom. The lowest BCUT2D eigenvalue weighted by atomic mass is 9.95. The van der Waals surface area contributed by atoms with E-state index in [0.29, 0.717) is 0 Å². The maximum absolute atomic E-state index is 11.4. The lowest BCUT2D eigenvalue weighted by Crippen LogP contribution is -2.18. The first kappa shape index (κ1) is 13.8. The summed E-state index contributed by atoms with van der Waals surface area (Å²) in [6.45, 7) is 3.93. The van der Waals surface area contributed by atoms with Crippen LogP contribution in [0.15, 0.2) is 0 Å². The van der Waals surface area contributed by atoms with E-state index in [4.69, 9.17) is 9.79 Å². The minimum absolute atomic E-state index is 0.169. The molecule has 0 aromatic heterocycles. The summed E-state index contributed by atoms with van der Waals surface area (Å²) in [5.41, 5.74) is 0. The predicted molar refractivity (Wildman–Crippen MR) is 55.2 cm³/mol.